The number of carbonyl (C=O) groups excluding carboxylic acids is 1. The predicted octanol–water partition coefficient (Wildman–Crippen LogP) is 2.10. The highest BCUT2D eigenvalue weighted by Gasteiger charge is 2.42. The molecule has 90 valence electrons. The number of ketones is 1. The summed E-state index contributed by atoms with van der Waals surface area (Å²) in [4.78, 5) is 16.3. The molecular weight excluding hydrogens is 280 g/mol. The Morgan fingerprint density at radius 2 is 2.35 bits per heavy atom. The van der Waals surface area contributed by atoms with Crippen molar-refractivity contribution in [1.82, 2.24) is 10.3 Å². The number of hydrogen-bond acceptors (Lipinski definition) is 3. The van der Waals surface area contributed by atoms with Gasteiger partial charge in [0.25, 0.3) is 0 Å². The Balaban J connectivity index is 1.68. The summed E-state index contributed by atoms with van der Waals surface area (Å²) in [6.45, 7) is 0. The fraction of sp³-hybridized carbons (Fsp3) is 0.538. The maximum atomic E-state index is 12.2. The Morgan fingerprint density at radius 3 is 3.00 bits per heavy atom. The van der Waals surface area contributed by atoms with E-state index < -0.39 is 0 Å². The minimum Gasteiger partial charge on any atom is -0.310 e. The molecule has 2 aliphatic heterocycles. The summed E-state index contributed by atoms with van der Waals surface area (Å²) in [7, 11) is 0. The van der Waals surface area contributed by atoms with Crippen molar-refractivity contribution >= 4 is 21.7 Å². The van der Waals surface area contributed by atoms with Crippen LogP contribution in [0.2, 0.25) is 0 Å². The molecule has 3 nitrogen and oxygen atoms in total. The largest absolute Gasteiger partial charge is 0.310 e. The quantitative estimate of drug-likeness (QED) is 0.928. The van der Waals surface area contributed by atoms with E-state index in [9.17, 15) is 4.79 Å². The molecular formula is C13H15BrN2O. The van der Waals surface area contributed by atoms with E-state index in [1.807, 2.05) is 6.07 Å². The van der Waals surface area contributed by atoms with E-state index in [-0.39, 0.29) is 5.92 Å². The number of hydrogen-bond donors (Lipinski definition) is 1. The van der Waals surface area contributed by atoms with E-state index in [2.05, 4.69) is 26.2 Å². The molecule has 1 aromatic heterocycles. The number of fused-ring (bicyclic) bond motifs is 2. The fourth-order valence-electron chi connectivity index (χ4n) is 3.06. The van der Waals surface area contributed by atoms with E-state index in [1.54, 1.807) is 12.4 Å². The van der Waals surface area contributed by atoms with Crippen molar-refractivity contribution in [1.29, 1.82) is 0 Å². The number of rotatable bonds is 3. The summed E-state index contributed by atoms with van der Waals surface area (Å²) in [6, 6.07) is 3.01. The molecule has 2 fully saturated rings. The smallest absolute Gasteiger partial charge is 0.142 e. The van der Waals surface area contributed by atoms with E-state index in [0.29, 0.717) is 24.3 Å². The van der Waals surface area contributed by atoms with Gasteiger partial charge < -0.3 is 5.32 Å². The molecule has 1 aromatic rings. The Bertz CT molecular complexity index is 449. The first-order valence-electron chi connectivity index (χ1n) is 6.10. The van der Waals surface area contributed by atoms with Gasteiger partial charge in [0.05, 0.1) is 0 Å². The van der Waals surface area contributed by atoms with Gasteiger partial charge in [-0.3, -0.25) is 9.78 Å². The van der Waals surface area contributed by atoms with Gasteiger partial charge in [-0.1, -0.05) is 0 Å². The second kappa shape index (κ2) is 4.50. The number of nitrogens with zero attached hydrogens (tertiary/aromatic N) is 1. The number of carbonyl (C=O) groups is 1. The van der Waals surface area contributed by atoms with Crippen LogP contribution in [0.25, 0.3) is 0 Å². The first kappa shape index (κ1) is 11.4. The zero-order chi connectivity index (χ0) is 11.8. The molecule has 3 unspecified atom stereocenters. The average molecular weight is 295 g/mol. The van der Waals surface area contributed by atoms with Gasteiger partial charge in [0.2, 0.25) is 0 Å². The summed E-state index contributed by atoms with van der Waals surface area (Å²) in [5.41, 5.74) is 1.01. The number of Topliss-reactive ketones (excluding diaryl/α,β-unsaturated/α-hetero) is 1. The molecule has 0 amide bonds. The lowest BCUT2D eigenvalue weighted by Crippen LogP contribution is -2.29. The van der Waals surface area contributed by atoms with Gasteiger partial charge in [-0.2, -0.15) is 0 Å². The van der Waals surface area contributed by atoms with Gasteiger partial charge in [-0.05, 0) is 46.8 Å². The molecule has 3 heterocycles. The average Bonchev–Trinajstić information content (AvgIpc) is 2.90. The highest BCUT2D eigenvalue weighted by molar-refractivity contribution is 9.10. The summed E-state index contributed by atoms with van der Waals surface area (Å²) >= 11 is 3.38. The van der Waals surface area contributed by atoms with Crippen molar-refractivity contribution in [2.24, 2.45) is 5.92 Å². The molecule has 0 aliphatic carbocycles. The van der Waals surface area contributed by atoms with Gasteiger partial charge in [0, 0.05) is 41.3 Å². The van der Waals surface area contributed by atoms with Crippen molar-refractivity contribution in [3.63, 3.8) is 0 Å². The van der Waals surface area contributed by atoms with Gasteiger partial charge in [0.15, 0.2) is 0 Å². The van der Waals surface area contributed by atoms with Gasteiger partial charge in [-0.25, -0.2) is 0 Å². The van der Waals surface area contributed by atoms with Crippen molar-refractivity contribution in [3.05, 3.63) is 28.5 Å². The molecule has 0 spiro atoms. The lowest BCUT2D eigenvalue weighted by molar-refractivity contribution is -0.122. The van der Waals surface area contributed by atoms with Crippen molar-refractivity contribution in [2.45, 2.75) is 37.8 Å². The second-order valence-electron chi connectivity index (χ2n) is 5.04. The predicted molar refractivity (Wildman–Crippen MR) is 68.7 cm³/mol. The SMILES string of the molecule is O=C(Cc1cncc(Br)c1)C1CC2CCC1N2. The maximum Gasteiger partial charge on any atom is 0.142 e. The topological polar surface area (TPSA) is 42.0 Å². The fourth-order valence-corrected chi connectivity index (χ4v) is 3.48. The molecule has 17 heavy (non-hydrogen) atoms. The summed E-state index contributed by atoms with van der Waals surface area (Å²) in [6.07, 6.45) is 7.48. The van der Waals surface area contributed by atoms with E-state index >= 15 is 0 Å². The third-order valence-corrected chi connectivity index (χ3v) is 4.29. The summed E-state index contributed by atoms with van der Waals surface area (Å²) < 4.78 is 0.939. The Hall–Kier alpha value is -0.740. The highest BCUT2D eigenvalue weighted by Crippen LogP contribution is 2.34. The molecule has 0 aromatic carbocycles. The molecule has 2 aliphatic rings. The molecule has 0 radical (unpaired) electrons. The van der Waals surface area contributed by atoms with Crippen molar-refractivity contribution < 1.29 is 4.79 Å². The zero-order valence-electron chi connectivity index (χ0n) is 9.53. The maximum absolute atomic E-state index is 12.2. The van der Waals surface area contributed by atoms with Crippen LogP contribution >= 0.6 is 15.9 Å². The number of pyridine rings is 1. The van der Waals surface area contributed by atoms with E-state index in [1.165, 1.54) is 6.42 Å². The van der Waals surface area contributed by atoms with Crippen LogP contribution in [0.4, 0.5) is 0 Å². The Morgan fingerprint density at radius 1 is 1.47 bits per heavy atom. The van der Waals surface area contributed by atoms with E-state index in [0.717, 1.165) is 22.9 Å². The molecule has 3 atom stereocenters. The van der Waals surface area contributed by atoms with Crippen LogP contribution in [0.1, 0.15) is 24.8 Å². The lowest BCUT2D eigenvalue weighted by Gasteiger charge is -2.18. The minimum atomic E-state index is 0.229. The van der Waals surface area contributed by atoms with Crippen LogP contribution < -0.4 is 5.32 Å². The first-order chi connectivity index (χ1) is 8.22. The Labute approximate surface area is 109 Å². The van der Waals surface area contributed by atoms with Crippen LogP contribution in [-0.4, -0.2) is 22.9 Å². The van der Waals surface area contributed by atoms with Gasteiger partial charge in [0.1, 0.15) is 5.78 Å². The third-order valence-electron chi connectivity index (χ3n) is 3.85. The van der Waals surface area contributed by atoms with Crippen LogP contribution in [0, 0.1) is 5.92 Å². The molecule has 1 N–H and O–H groups in total. The first-order valence-corrected chi connectivity index (χ1v) is 6.90. The van der Waals surface area contributed by atoms with Crippen molar-refractivity contribution in [3.8, 4) is 0 Å². The van der Waals surface area contributed by atoms with Crippen LogP contribution in [0.5, 0.6) is 0 Å². The normalized spacial score (nSPS) is 30.8. The Kier molecular flexibility index (Phi) is 3.01. The van der Waals surface area contributed by atoms with Gasteiger partial charge in [-0.15, -0.1) is 0 Å². The van der Waals surface area contributed by atoms with Crippen LogP contribution in [0.3, 0.4) is 0 Å². The minimum absolute atomic E-state index is 0.229. The lowest BCUT2D eigenvalue weighted by atomic mass is 9.84. The third kappa shape index (κ3) is 2.29. The number of aromatic nitrogens is 1. The second-order valence-corrected chi connectivity index (χ2v) is 5.96. The number of nitrogens with one attached hydrogen (secondary N) is 1. The summed E-state index contributed by atoms with van der Waals surface area (Å²) in [5, 5.41) is 3.51. The molecule has 0 saturated carbocycles. The van der Waals surface area contributed by atoms with Crippen LogP contribution in [0.15, 0.2) is 22.9 Å². The molecule has 3 rings (SSSR count). The highest BCUT2D eigenvalue weighted by atomic mass is 79.9. The van der Waals surface area contributed by atoms with E-state index in [4.69, 9.17) is 0 Å². The standard InChI is InChI=1S/C13H15BrN2O/c14-9-3-8(6-15-7-9)4-13(17)11-5-10-1-2-12(11)16-10/h3,6-7,10-12,16H,1-2,4-5H2. The van der Waals surface area contributed by atoms with Gasteiger partial charge >= 0.3 is 0 Å². The molecule has 2 bridgehead atoms. The van der Waals surface area contributed by atoms with Crippen LogP contribution in [-0.2, 0) is 11.2 Å². The summed E-state index contributed by atoms with van der Waals surface area (Å²) in [5.74, 6) is 0.595. The zero-order valence-corrected chi connectivity index (χ0v) is 11.1. The monoisotopic (exact) mass is 294 g/mol. The number of halogens is 1. The van der Waals surface area contributed by atoms with Crippen molar-refractivity contribution in [2.75, 3.05) is 0 Å². The molecule has 4 heteroatoms. The molecule has 2 saturated heterocycles.